The van der Waals surface area contributed by atoms with E-state index in [0.29, 0.717) is 5.92 Å². The van der Waals surface area contributed by atoms with Crippen molar-refractivity contribution >= 4 is 0 Å². The summed E-state index contributed by atoms with van der Waals surface area (Å²) in [6.45, 7) is 0. The average molecular weight is 178 g/mol. The fraction of sp³-hybridized carbons (Fsp3) is 0.500. The van der Waals surface area contributed by atoms with E-state index < -0.39 is 0 Å². The largest absolute Gasteiger partial charge is 0.497 e. The number of hydrogen-bond acceptors (Lipinski definition) is 3. The van der Waals surface area contributed by atoms with Crippen LogP contribution in [0.5, 0.6) is 5.75 Å². The van der Waals surface area contributed by atoms with Gasteiger partial charge in [0, 0.05) is 18.3 Å². The molecule has 0 radical (unpaired) electrons. The number of aromatic nitrogens is 1. The molecule has 2 N–H and O–H groups in total. The molecule has 1 aromatic rings. The van der Waals surface area contributed by atoms with Gasteiger partial charge in [-0.25, -0.2) is 0 Å². The van der Waals surface area contributed by atoms with Crippen molar-refractivity contribution in [1.82, 2.24) is 4.98 Å². The molecule has 0 saturated heterocycles. The number of ether oxygens (including phenoxy) is 1. The van der Waals surface area contributed by atoms with E-state index in [1.54, 1.807) is 13.3 Å². The molecule has 1 aromatic heterocycles. The Hall–Kier alpha value is -1.09. The highest BCUT2D eigenvalue weighted by molar-refractivity contribution is 5.25. The van der Waals surface area contributed by atoms with E-state index in [-0.39, 0.29) is 6.04 Å². The van der Waals surface area contributed by atoms with Crippen LogP contribution in [0.1, 0.15) is 24.6 Å². The van der Waals surface area contributed by atoms with Crippen molar-refractivity contribution in [2.75, 3.05) is 7.11 Å². The second-order valence-corrected chi connectivity index (χ2v) is 3.48. The molecule has 0 aromatic carbocycles. The Morgan fingerprint density at radius 2 is 2.38 bits per heavy atom. The molecule has 2 rings (SSSR count). The third-order valence-corrected chi connectivity index (χ3v) is 2.46. The van der Waals surface area contributed by atoms with Crippen LogP contribution in [0.2, 0.25) is 0 Å². The topological polar surface area (TPSA) is 48.1 Å². The van der Waals surface area contributed by atoms with Crippen molar-refractivity contribution in [2.45, 2.75) is 18.9 Å². The van der Waals surface area contributed by atoms with Crippen molar-refractivity contribution in [2.24, 2.45) is 11.7 Å². The summed E-state index contributed by atoms with van der Waals surface area (Å²) in [6.07, 6.45) is 4.22. The number of nitrogens with zero attached hydrogens (tertiary/aromatic N) is 1. The molecular formula is C10H14N2O. The first-order valence-electron chi connectivity index (χ1n) is 4.57. The first-order chi connectivity index (χ1) is 6.31. The van der Waals surface area contributed by atoms with E-state index in [0.717, 1.165) is 11.4 Å². The quantitative estimate of drug-likeness (QED) is 0.763. The second kappa shape index (κ2) is 3.34. The van der Waals surface area contributed by atoms with E-state index in [1.807, 2.05) is 12.1 Å². The fourth-order valence-electron chi connectivity index (χ4n) is 1.43. The number of rotatable bonds is 3. The molecule has 1 atom stereocenters. The van der Waals surface area contributed by atoms with Crippen molar-refractivity contribution in [3.05, 3.63) is 24.0 Å². The van der Waals surface area contributed by atoms with Gasteiger partial charge in [-0.05, 0) is 24.8 Å². The predicted molar refractivity (Wildman–Crippen MR) is 50.4 cm³/mol. The minimum Gasteiger partial charge on any atom is -0.497 e. The monoisotopic (exact) mass is 178 g/mol. The molecule has 1 fully saturated rings. The molecule has 1 aliphatic carbocycles. The van der Waals surface area contributed by atoms with Crippen LogP contribution in [0.3, 0.4) is 0 Å². The molecule has 1 aliphatic rings. The molecule has 0 aliphatic heterocycles. The lowest BCUT2D eigenvalue weighted by Gasteiger charge is -2.10. The zero-order chi connectivity index (χ0) is 9.26. The summed E-state index contributed by atoms with van der Waals surface area (Å²) in [5, 5.41) is 0. The smallest absolute Gasteiger partial charge is 0.122 e. The van der Waals surface area contributed by atoms with Crippen LogP contribution in [-0.4, -0.2) is 12.1 Å². The summed E-state index contributed by atoms with van der Waals surface area (Å²) in [5.41, 5.74) is 6.95. The number of pyridine rings is 1. The lowest BCUT2D eigenvalue weighted by molar-refractivity contribution is 0.412. The first kappa shape index (κ1) is 8.51. The Morgan fingerprint density at radius 1 is 1.62 bits per heavy atom. The molecule has 1 heterocycles. The van der Waals surface area contributed by atoms with Gasteiger partial charge in [-0.1, -0.05) is 0 Å². The summed E-state index contributed by atoms with van der Waals surface area (Å²) < 4.78 is 5.11. The molecular weight excluding hydrogens is 164 g/mol. The van der Waals surface area contributed by atoms with Gasteiger partial charge in [0.25, 0.3) is 0 Å². The highest BCUT2D eigenvalue weighted by Gasteiger charge is 2.30. The third kappa shape index (κ3) is 1.80. The predicted octanol–water partition coefficient (Wildman–Crippen LogP) is 1.50. The molecule has 1 unspecified atom stereocenters. The van der Waals surface area contributed by atoms with Crippen LogP contribution in [-0.2, 0) is 0 Å². The molecule has 1 saturated carbocycles. The maximum Gasteiger partial charge on any atom is 0.122 e. The highest BCUT2D eigenvalue weighted by atomic mass is 16.5. The van der Waals surface area contributed by atoms with Crippen LogP contribution in [0, 0.1) is 5.92 Å². The molecule has 0 spiro atoms. The normalized spacial score (nSPS) is 18.3. The number of nitrogens with two attached hydrogens (primary N) is 1. The SMILES string of the molecule is COc1ccnc(C(N)C2CC2)c1. The van der Waals surface area contributed by atoms with Gasteiger partial charge in [0.1, 0.15) is 5.75 Å². The average Bonchev–Trinajstić information content (AvgIpc) is 3.00. The van der Waals surface area contributed by atoms with Gasteiger partial charge in [0.15, 0.2) is 0 Å². The summed E-state index contributed by atoms with van der Waals surface area (Å²) in [5.74, 6) is 1.47. The van der Waals surface area contributed by atoms with Gasteiger partial charge >= 0.3 is 0 Å². The first-order valence-corrected chi connectivity index (χ1v) is 4.57. The van der Waals surface area contributed by atoms with Gasteiger partial charge in [0.2, 0.25) is 0 Å². The van der Waals surface area contributed by atoms with Crippen LogP contribution in [0.4, 0.5) is 0 Å². The molecule has 0 bridgehead atoms. The molecule has 70 valence electrons. The van der Waals surface area contributed by atoms with Gasteiger partial charge in [-0.2, -0.15) is 0 Å². The van der Waals surface area contributed by atoms with Crippen LogP contribution < -0.4 is 10.5 Å². The Kier molecular flexibility index (Phi) is 2.19. The van der Waals surface area contributed by atoms with Crippen LogP contribution in [0.25, 0.3) is 0 Å². The summed E-state index contributed by atoms with van der Waals surface area (Å²) in [6, 6.07) is 3.85. The van der Waals surface area contributed by atoms with E-state index in [9.17, 15) is 0 Å². The van der Waals surface area contributed by atoms with Gasteiger partial charge in [-0.3, -0.25) is 4.98 Å². The van der Waals surface area contributed by atoms with Crippen molar-refractivity contribution in [3.8, 4) is 5.75 Å². The highest BCUT2D eigenvalue weighted by Crippen LogP contribution is 2.39. The minimum atomic E-state index is 0.0927. The standard InChI is InChI=1S/C10H14N2O/c1-13-8-4-5-12-9(6-8)10(11)7-2-3-7/h4-7,10H,2-3,11H2,1H3. The lowest BCUT2D eigenvalue weighted by atomic mass is 10.1. The van der Waals surface area contributed by atoms with Crippen LogP contribution in [0.15, 0.2) is 18.3 Å². The zero-order valence-electron chi connectivity index (χ0n) is 7.73. The minimum absolute atomic E-state index is 0.0927. The van der Waals surface area contributed by atoms with Gasteiger partial charge < -0.3 is 10.5 Å². The number of hydrogen-bond donors (Lipinski definition) is 1. The molecule has 3 heteroatoms. The van der Waals surface area contributed by atoms with E-state index in [2.05, 4.69) is 4.98 Å². The Morgan fingerprint density at radius 3 is 3.00 bits per heavy atom. The van der Waals surface area contributed by atoms with Crippen molar-refractivity contribution in [3.63, 3.8) is 0 Å². The summed E-state index contributed by atoms with van der Waals surface area (Å²) in [7, 11) is 1.65. The fourth-order valence-corrected chi connectivity index (χ4v) is 1.43. The van der Waals surface area contributed by atoms with E-state index in [1.165, 1.54) is 12.8 Å². The molecule has 3 nitrogen and oxygen atoms in total. The Bertz CT molecular complexity index is 297. The van der Waals surface area contributed by atoms with Gasteiger partial charge in [0.05, 0.1) is 12.8 Å². The van der Waals surface area contributed by atoms with Crippen LogP contribution >= 0.6 is 0 Å². The Labute approximate surface area is 77.9 Å². The summed E-state index contributed by atoms with van der Waals surface area (Å²) in [4.78, 5) is 4.24. The number of methoxy groups -OCH3 is 1. The van der Waals surface area contributed by atoms with E-state index in [4.69, 9.17) is 10.5 Å². The zero-order valence-corrected chi connectivity index (χ0v) is 7.73. The maximum absolute atomic E-state index is 6.01. The van der Waals surface area contributed by atoms with Crippen molar-refractivity contribution < 1.29 is 4.74 Å². The summed E-state index contributed by atoms with van der Waals surface area (Å²) >= 11 is 0. The van der Waals surface area contributed by atoms with E-state index >= 15 is 0 Å². The van der Waals surface area contributed by atoms with Gasteiger partial charge in [-0.15, -0.1) is 0 Å². The third-order valence-electron chi connectivity index (χ3n) is 2.46. The molecule has 13 heavy (non-hydrogen) atoms. The Balaban J connectivity index is 2.18. The second-order valence-electron chi connectivity index (χ2n) is 3.48. The molecule has 0 amide bonds. The maximum atomic E-state index is 6.01. The van der Waals surface area contributed by atoms with Crippen molar-refractivity contribution in [1.29, 1.82) is 0 Å². The lowest BCUT2D eigenvalue weighted by Crippen LogP contribution is -2.13.